The van der Waals surface area contributed by atoms with Gasteiger partial charge in [-0.2, -0.15) is 0 Å². The topological polar surface area (TPSA) is 56.8 Å². The highest BCUT2D eigenvalue weighted by molar-refractivity contribution is 7.12. The molecule has 1 aliphatic carbocycles. The number of nitrogens with one attached hydrogen (secondary N) is 1. The van der Waals surface area contributed by atoms with Crippen LogP contribution >= 0.6 is 11.3 Å². The van der Waals surface area contributed by atoms with Crippen molar-refractivity contribution in [3.8, 4) is 17.2 Å². The number of rotatable bonds is 2. The summed E-state index contributed by atoms with van der Waals surface area (Å²) in [4.78, 5) is 13.6. The smallest absolute Gasteiger partial charge is 0.265 e. The zero-order valence-electron chi connectivity index (χ0n) is 14.5. The van der Waals surface area contributed by atoms with E-state index in [4.69, 9.17) is 14.2 Å². The Morgan fingerprint density at radius 2 is 1.92 bits per heavy atom. The molecule has 0 bridgehead atoms. The molecule has 2 aromatic rings. The minimum Gasteiger partial charge on any atom is -0.487 e. The van der Waals surface area contributed by atoms with E-state index in [1.807, 2.05) is 29.6 Å². The van der Waals surface area contributed by atoms with Crippen LogP contribution in [0.4, 0.5) is 0 Å². The van der Waals surface area contributed by atoms with E-state index in [9.17, 15) is 4.79 Å². The average molecular weight is 371 g/mol. The zero-order valence-corrected chi connectivity index (χ0v) is 15.3. The van der Waals surface area contributed by atoms with Gasteiger partial charge in [-0.3, -0.25) is 4.79 Å². The summed E-state index contributed by atoms with van der Waals surface area (Å²) in [6, 6.07) is 8.00. The first-order valence-electron chi connectivity index (χ1n) is 9.20. The molecule has 1 atom stereocenters. The largest absolute Gasteiger partial charge is 0.487 e. The number of carbonyl (C=O) groups excluding carboxylic acids is 1. The van der Waals surface area contributed by atoms with Gasteiger partial charge in [0.25, 0.3) is 5.91 Å². The number of thiophene rings is 1. The van der Waals surface area contributed by atoms with Crippen LogP contribution in [0.2, 0.25) is 0 Å². The molecule has 1 N–H and O–H groups in total. The van der Waals surface area contributed by atoms with Crippen LogP contribution in [-0.2, 0) is 0 Å². The molecule has 1 aromatic heterocycles. The fraction of sp³-hybridized carbons (Fsp3) is 0.450. The number of carbonyl (C=O) groups is 1. The highest BCUT2D eigenvalue weighted by Gasteiger charge is 2.43. The maximum absolute atomic E-state index is 13.0. The summed E-state index contributed by atoms with van der Waals surface area (Å²) in [5, 5.41) is 5.08. The second kappa shape index (κ2) is 6.20. The molecule has 0 saturated heterocycles. The van der Waals surface area contributed by atoms with Gasteiger partial charge in [-0.05, 0) is 31.7 Å². The van der Waals surface area contributed by atoms with Gasteiger partial charge < -0.3 is 19.5 Å². The van der Waals surface area contributed by atoms with Gasteiger partial charge in [0.15, 0.2) is 11.5 Å². The second-order valence-electron chi connectivity index (χ2n) is 7.22. The van der Waals surface area contributed by atoms with Crippen molar-refractivity contribution in [3.05, 3.63) is 40.1 Å². The fourth-order valence-electron chi connectivity index (χ4n) is 4.32. The van der Waals surface area contributed by atoms with Crippen LogP contribution in [0.3, 0.4) is 0 Å². The number of ether oxygens (including phenoxy) is 3. The van der Waals surface area contributed by atoms with E-state index in [-0.39, 0.29) is 17.6 Å². The Morgan fingerprint density at radius 1 is 1.12 bits per heavy atom. The normalized spacial score (nSPS) is 22.5. The van der Waals surface area contributed by atoms with Crippen LogP contribution in [0.1, 0.15) is 53.4 Å². The van der Waals surface area contributed by atoms with Crippen LogP contribution in [0, 0.1) is 0 Å². The first kappa shape index (κ1) is 16.0. The highest BCUT2D eigenvalue weighted by Crippen LogP contribution is 2.47. The predicted octanol–water partition coefficient (Wildman–Crippen LogP) is 4.09. The van der Waals surface area contributed by atoms with Crippen molar-refractivity contribution in [1.29, 1.82) is 0 Å². The molecule has 3 aliphatic rings. The quantitative estimate of drug-likeness (QED) is 0.864. The lowest BCUT2D eigenvalue weighted by Crippen LogP contribution is -2.43. The number of fused-ring (bicyclic) bond motifs is 2. The molecule has 5 rings (SSSR count). The maximum Gasteiger partial charge on any atom is 0.265 e. The first-order valence-corrected chi connectivity index (χ1v) is 10.1. The number of hydrogen-bond acceptors (Lipinski definition) is 5. The van der Waals surface area contributed by atoms with E-state index in [1.165, 1.54) is 24.2 Å². The minimum atomic E-state index is -0.138. The van der Waals surface area contributed by atoms with Gasteiger partial charge in [0, 0.05) is 17.4 Å². The first-order chi connectivity index (χ1) is 12.7. The van der Waals surface area contributed by atoms with E-state index >= 15 is 0 Å². The Morgan fingerprint density at radius 3 is 2.81 bits per heavy atom. The summed E-state index contributed by atoms with van der Waals surface area (Å²) in [5.41, 5.74) is 0.918. The monoisotopic (exact) mass is 371 g/mol. The van der Waals surface area contributed by atoms with Crippen molar-refractivity contribution in [2.24, 2.45) is 0 Å². The lowest BCUT2D eigenvalue weighted by Gasteiger charge is -2.40. The van der Waals surface area contributed by atoms with Gasteiger partial charge in [-0.1, -0.05) is 18.2 Å². The molecule has 0 unspecified atom stereocenters. The minimum absolute atomic E-state index is 0.0483. The molecule has 5 nitrogen and oxygen atoms in total. The molecule has 1 amide bonds. The molecule has 136 valence electrons. The Hall–Kier alpha value is -2.21. The maximum atomic E-state index is 13.0. The van der Waals surface area contributed by atoms with Crippen molar-refractivity contribution in [2.45, 2.75) is 43.7 Å². The van der Waals surface area contributed by atoms with Gasteiger partial charge in [-0.15, -0.1) is 11.3 Å². The summed E-state index contributed by atoms with van der Waals surface area (Å²) < 4.78 is 17.6. The van der Waals surface area contributed by atoms with E-state index in [2.05, 4.69) is 5.32 Å². The van der Waals surface area contributed by atoms with Crippen LogP contribution in [-0.4, -0.2) is 24.7 Å². The number of benzene rings is 1. The summed E-state index contributed by atoms with van der Waals surface area (Å²) >= 11 is 1.37. The molecule has 3 heterocycles. The SMILES string of the molecule is O=C(N[C@@H]1CC2(CCCC2)Oc2ccccc21)c1scc2c1OCCO2. The summed E-state index contributed by atoms with van der Waals surface area (Å²) in [5.74, 6) is 2.05. The highest BCUT2D eigenvalue weighted by atomic mass is 32.1. The molecule has 1 saturated carbocycles. The van der Waals surface area contributed by atoms with Crippen molar-refractivity contribution < 1.29 is 19.0 Å². The molecule has 26 heavy (non-hydrogen) atoms. The Balaban J connectivity index is 1.44. The van der Waals surface area contributed by atoms with Crippen molar-refractivity contribution in [1.82, 2.24) is 5.32 Å². The summed E-state index contributed by atoms with van der Waals surface area (Å²) in [6.45, 7) is 1.01. The second-order valence-corrected chi connectivity index (χ2v) is 8.09. The van der Waals surface area contributed by atoms with Crippen molar-refractivity contribution >= 4 is 17.2 Å². The Bertz CT molecular complexity index is 840. The third-order valence-corrected chi connectivity index (χ3v) is 6.46. The number of hydrogen-bond donors (Lipinski definition) is 1. The van der Waals surface area contributed by atoms with Gasteiger partial charge in [0.2, 0.25) is 0 Å². The zero-order chi connectivity index (χ0) is 17.6. The van der Waals surface area contributed by atoms with Gasteiger partial charge in [0.05, 0.1) is 6.04 Å². The van der Waals surface area contributed by atoms with Crippen molar-refractivity contribution in [2.75, 3.05) is 13.2 Å². The number of amides is 1. The molecule has 2 aliphatic heterocycles. The van der Waals surface area contributed by atoms with Crippen LogP contribution < -0.4 is 19.5 Å². The molecule has 1 spiro atoms. The third kappa shape index (κ3) is 2.63. The van der Waals surface area contributed by atoms with Gasteiger partial charge >= 0.3 is 0 Å². The third-order valence-electron chi connectivity index (χ3n) is 5.52. The Kier molecular flexibility index (Phi) is 3.81. The van der Waals surface area contributed by atoms with Gasteiger partial charge in [-0.25, -0.2) is 0 Å². The summed E-state index contributed by atoms with van der Waals surface area (Å²) in [6.07, 6.45) is 5.30. The molecule has 1 aromatic carbocycles. The van der Waals surface area contributed by atoms with E-state index < -0.39 is 0 Å². The predicted molar refractivity (Wildman–Crippen MR) is 98.4 cm³/mol. The average Bonchev–Trinajstić information content (AvgIpc) is 3.29. The van der Waals surface area contributed by atoms with Crippen LogP contribution in [0.25, 0.3) is 0 Å². The van der Waals surface area contributed by atoms with E-state index in [1.54, 1.807) is 0 Å². The van der Waals surface area contributed by atoms with Crippen LogP contribution in [0.15, 0.2) is 29.6 Å². The van der Waals surface area contributed by atoms with E-state index in [0.29, 0.717) is 29.6 Å². The fourth-order valence-corrected chi connectivity index (χ4v) is 5.15. The Labute approximate surface area is 156 Å². The molecular weight excluding hydrogens is 350 g/mol. The standard InChI is InChI=1S/C20H21NO4S/c22-19(18-17-16(12-26-18)23-9-10-24-17)21-14-11-20(7-3-4-8-20)25-15-6-2-1-5-13(14)15/h1-2,5-6,12,14H,3-4,7-11H2,(H,21,22)/t14-/m1/s1. The lowest BCUT2D eigenvalue weighted by molar-refractivity contribution is 0.0360. The molecule has 1 fully saturated rings. The lowest BCUT2D eigenvalue weighted by atomic mass is 9.86. The molecular formula is C20H21NO4S. The molecule has 0 radical (unpaired) electrons. The van der Waals surface area contributed by atoms with E-state index in [0.717, 1.165) is 30.6 Å². The number of para-hydroxylation sites is 1. The van der Waals surface area contributed by atoms with Crippen molar-refractivity contribution in [3.63, 3.8) is 0 Å². The molecule has 6 heteroatoms. The summed E-state index contributed by atoms with van der Waals surface area (Å²) in [7, 11) is 0. The van der Waals surface area contributed by atoms with Crippen LogP contribution in [0.5, 0.6) is 17.2 Å². The van der Waals surface area contributed by atoms with Gasteiger partial charge in [0.1, 0.15) is 29.4 Å².